The Balaban J connectivity index is 1.84. The Kier molecular flexibility index (Phi) is 5.15. The number of carbonyl (C=O) groups is 1. The molecule has 1 aliphatic rings. The number of amides is 1. The van der Waals surface area contributed by atoms with Crippen molar-refractivity contribution in [1.29, 1.82) is 0 Å². The molecule has 2 atom stereocenters. The summed E-state index contributed by atoms with van der Waals surface area (Å²) in [5, 5.41) is 2.65. The van der Waals surface area contributed by atoms with Gasteiger partial charge in [-0.05, 0) is 31.9 Å². The number of aryl methyl sites for hydroxylation is 2. The summed E-state index contributed by atoms with van der Waals surface area (Å²) in [6.45, 7) is 5.57. The van der Waals surface area contributed by atoms with Crippen LogP contribution in [-0.2, 0) is 4.79 Å². The lowest BCUT2D eigenvalue weighted by molar-refractivity contribution is -0.120. The van der Waals surface area contributed by atoms with Gasteiger partial charge in [-0.3, -0.25) is 4.79 Å². The molecule has 3 rings (SSSR count). The van der Waals surface area contributed by atoms with Gasteiger partial charge in [0.05, 0.1) is 18.3 Å². The van der Waals surface area contributed by atoms with Crippen molar-refractivity contribution < 1.29 is 13.6 Å². The van der Waals surface area contributed by atoms with Crippen molar-refractivity contribution in [2.24, 2.45) is 0 Å². The first kappa shape index (κ1) is 18.2. The highest BCUT2D eigenvalue weighted by atomic mass is 19.1. The number of alkyl halides is 1. The molecule has 7 heteroatoms. The first-order valence-corrected chi connectivity index (χ1v) is 8.62. The van der Waals surface area contributed by atoms with Crippen molar-refractivity contribution in [3.05, 3.63) is 41.5 Å². The fraction of sp³-hybridized carbons (Fsp3) is 0.421. The van der Waals surface area contributed by atoms with Crippen molar-refractivity contribution >= 4 is 11.7 Å². The number of hydrogen-bond donors (Lipinski definition) is 1. The zero-order chi connectivity index (χ0) is 18.8. The van der Waals surface area contributed by atoms with Crippen molar-refractivity contribution in [2.45, 2.75) is 39.4 Å². The van der Waals surface area contributed by atoms with Gasteiger partial charge in [-0.25, -0.2) is 18.7 Å². The average Bonchev–Trinajstić information content (AvgIpc) is 2.58. The van der Waals surface area contributed by atoms with E-state index in [0.717, 1.165) is 0 Å². The molecule has 1 N–H and O–H groups in total. The zero-order valence-corrected chi connectivity index (χ0v) is 15.1. The second kappa shape index (κ2) is 7.35. The maximum absolute atomic E-state index is 14.4. The van der Waals surface area contributed by atoms with Crippen LogP contribution in [0.4, 0.5) is 14.6 Å². The number of halogens is 2. The summed E-state index contributed by atoms with van der Waals surface area (Å²) in [4.78, 5) is 21.8. The Hall–Kier alpha value is -2.57. The molecule has 138 valence electrons. The lowest BCUT2D eigenvalue weighted by atomic mass is 10.0. The van der Waals surface area contributed by atoms with Gasteiger partial charge in [0.25, 0.3) is 0 Å². The third-order valence-electron chi connectivity index (χ3n) is 4.55. The van der Waals surface area contributed by atoms with Crippen LogP contribution in [0.3, 0.4) is 0 Å². The van der Waals surface area contributed by atoms with Crippen molar-refractivity contribution in [3.8, 4) is 11.3 Å². The number of piperidine rings is 1. The molecule has 1 amide bonds. The minimum atomic E-state index is -1.18. The Morgan fingerprint density at radius 1 is 1.27 bits per heavy atom. The highest BCUT2D eigenvalue weighted by molar-refractivity contribution is 5.73. The number of hydrogen-bond acceptors (Lipinski definition) is 4. The number of rotatable bonds is 3. The molecule has 5 nitrogen and oxygen atoms in total. The van der Waals surface area contributed by atoms with Crippen LogP contribution in [0.25, 0.3) is 11.3 Å². The lowest BCUT2D eigenvalue weighted by Gasteiger charge is -2.35. The van der Waals surface area contributed by atoms with Crippen LogP contribution in [0.2, 0.25) is 0 Å². The van der Waals surface area contributed by atoms with Crippen molar-refractivity contribution in [3.63, 3.8) is 0 Å². The third-order valence-corrected chi connectivity index (χ3v) is 4.55. The number of benzene rings is 1. The molecular weight excluding hydrogens is 338 g/mol. The fourth-order valence-corrected chi connectivity index (χ4v) is 3.15. The van der Waals surface area contributed by atoms with Crippen LogP contribution >= 0.6 is 0 Å². The summed E-state index contributed by atoms with van der Waals surface area (Å²) >= 11 is 0. The van der Waals surface area contributed by atoms with Gasteiger partial charge < -0.3 is 10.2 Å². The summed E-state index contributed by atoms with van der Waals surface area (Å²) in [5.41, 5.74) is 1.83. The second-order valence-electron chi connectivity index (χ2n) is 6.68. The smallest absolute Gasteiger partial charge is 0.217 e. The maximum atomic E-state index is 14.4. The molecule has 26 heavy (non-hydrogen) atoms. The van der Waals surface area contributed by atoms with E-state index in [1.165, 1.54) is 13.0 Å². The van der Waals surface area contributed by atoms with Crippen LogP contribution in [0.1, 0.15) is 24.7 Å². The molecular formula is C19H22F2N4O. The van der Waals surface area contributed by atoms with Crippen molar-refractivity contribution in [1.82, 2.24) is 15.3 Å². The van der Waals surface area contributed by atoms with E-state index in [0.29, 0.717) is 41.4 Å². The van der Waals surface area contributed by atoms with Crippen LogP contribution < -0.4 is 10.2 Å². The minimum absolute atomic E-state index is 0.142. The van der Waals surface area contributed by atoms with E-state index in [-0.39, 0.29) is 18.3 Å². The summed E-state index contributed by atoms with van der Waals surface area (Å²) in [6.07, 6.45) is -0.679. The Morgan fingerprint density at radius 3 is 2.69 bits per heavy atom. The topological polar surface area (TPSA) is 58.1 Å². The third kappa shape index (κ3) is 3.98. The largest absolute Gasteiger partial charge is 0.353 e. The van der Waals surface area contributed by atoms with Gasteiger partial charge in [0.2, 0.25) is 5.91 Å². The summed E-state index contributed by atoms with van der Waals surface area (Å²) < 4.78 is 28.3. The first-order valence-electron chi connectivity index (χ1n) is 8.62. The number of aromatic nitrogens is 2. The Labute approximate surface area is 151 Å². The second-order valence-corrected chi connectivity index (χ2v) is 6.68. The maximum Gasteiger partial charge on any atom is 0.217 e. The quantitative estimate of drug-likeness (QED) is 0.914. The molecule has 0 unspecified atom stereocenters. The molecule has 1 saturated heterocycles. The molecule has 1 aromatic carbocycles. The van der Waals surface area contributed by atoms with Gasteiger partial charge >= 0.3 is 0 Å². The predicted molar refractivity (Wildman–Crippen MR) is 96.2 cm³/mol. The van der Waals surface area contributed by atoms with Crippen LogP contribution in [0.15, 0.2) is 24.3 Å². The standard InChI is InChI=1S/C19H22F2N4O/c1-11-4-5-14(8-15(11)20)18-9-19(23-12(2)22-18)25-7-6-17(16(21)10-25)24-13(3)26/h4-5,8-9,16-17H,6-7,10H2,1-3H3,(H,24,26)/t16-,17-/m1/s1. The van der Waals surface area contributed by atoms with E-state index in [9.17, 15) is 13.6 Å². The zero-order valence-electron chi connectivity index (χ0n) is 15.1. The number of nitrogens with one attached hydrogen (secondary N) is 1. The van der Waals surface area contributed by atoms with Gasteiger partial charge in [-0.1, -0.05) is 12.1 Å². The monoisotopic (exact) mass is 360 g/mol. The molecule has 0 saturated carbocycles. The molecule has 1 fully saturated rings. The molecule has 0 aliphatic carbocycles. The summed E-state index contributed by atoms with van der Waals surface area (Å²) in [7, 11) is 0. The fourth-order valence-electron chi connectivity index (χ4n) is 3.15. The Bertz CT molecular complexity index is 827. The molecule has 0 radical (unpaired) electrons. The highest BCUT2D eigenvalue weighted by Crippen LogP contribution is 2.26. The normalized spacial score (nSPS) is 20.1. The van der Waals surface area contributed by atoms with E-state index in [2.05, 4.69) is 15.3 Å². The SMILES string of the molecule is CC(=O)N[C@@H]1CCN(c2cc(-c3ccc(C)c(F)c3)nc(C)n2)C[C@H]1F. The van der Waals surface area contributed by atoms with Crippen LogP contribution in [0, 0.1) is 19.7 Å². The van der Waals surface area contributed by atoms with Crippen LogP contribution in [0.5, 0.6) is 0 Å². The first-order chi connectivity index (χ1) is 12.3. The summed E-state index contributed by atoms with van der Waals surface area (Å²) in [5.74, 6) is 0.628. The van der Waals surface area contributed by atoms with E-state index < -0.39 is 12.2 Å². The molecule has 1 aliphatic heterocycles. The summed E-state index contributed by atoms with van der Waals surface area (Å²) in [6, 6.07) is 6.24. The van der Waals surface area contributed by atoms with Gasteiger partial charge in [-0.15, -0.1) is 0 Å². The van der Waals surface area contributed by atoms with E-state index in [1.807, 2.05) is 11.0 Å². The predicted octanol–water partition coefficient (Wildman–Crippen LogP) is 2.95. The van der Waals surface area contributed by atoms with Crippen molar-refractivity contribution in [2.75, 3.05) is 18.0 Å². The minimum Gasteiger partial charge on any atom is -0.353 e. The number of nitrogens with zero attached hydrogens (tertiary/aromatic N) is 3. The van der Waals surface area contributed by atoms with Gasteiger partial charge in [-0.2, -0.15) is 0 Å². The van der Waals surface area contributed by atoms with Gasteiger partial charge in [0.15, 0.2) is 0 Å². The average molecular weight is 360 g/mol. The lowest BCUT2D eigenvalue weighted by Crippen LogP contribution is -2.52. The molecule has 0 spiro atoms. The van der Waals surface area contributed by atoms with Crippen LogP contribution in [-0.4, -0.2) is 41.2 Å². The van der Waals surface area contributed by atoms with Gasteiger partial charge in [0, 0.05) is 25.1 Å². The Morgan fingerprint density at radius 2 is 2.04 bits per heavy atom. The molecule has 2 heterocycles. The number of carbonyl (C=O) groups excluding carboxylic acids is 1. The molecule has 0 bridgehead atoms. The molecule has 2 aromatic rings. The van der Waals surface area contributed by atoms with Gasteiger partial charge in [0.1, 0.15) is 23.6 Å². The molecule has 1 aromatic heterocycles. The highest BCUT2D eigenvalue weighted by Gasteiger charge is 2.30. The van der Waals surface area contributed by atoms with E-state index in [4.69, 9.17) is 0 Å². The number of anilines is 1. The van der Waals surface area contributed by atoms with E-state index in [1.54, 1.807) is 26.0 Å². The van der Waals surface area contributed by atoms with E-state index >= 15 is 0 Å².